The molecular formula is C19H23NO2. The van der Waals surface area contributed by atoms with Crippen molar-refractivity contribution in [1.82, 2.24) is 4.57 Å². The van der Waals surface area contributed by atoms with E-state index in [1.54, 1.807) is 6.26 Å². The summed E-state index contributed by atoms with van der Waals surface area (Å²) in [5, 5.41) is 0. The Morgan fingerprint density at radius 2 is 1.91 bits per heavy atom. The summed E-state index contributed by atoms with van der Waals surface area (Å²) in [7, 11) is 0. The number of hydrogen-bond acceptors (Lipinski definition) is 2. The molecule has 0 amide bonds. The van der Waals surface area contributed by atoms with E-state index < -0.39 is 0 Å². The van der Waals surface area contributed by atoms with Crippen molar-refractivity contribution >= 4 is 5.78 Å². The third kappa shape index (κ3) is 1.31. The van der Waals surface area contributed by atoms with Gasteiger partial charge in [0.2, 0.25) is 0 Å². The first-order valence-electron chi connectivity index (χ1n) is 8.10. The molecule has 22 heavy (non-hydrogen) atoms. The molecule has 2 aromatic heterocycles. The third-order valence-corrected chi connectivity index (χ3v) is 6.93. The minimum absolute atomic E-state index is 0.0534. The van der Waals surface area contributed by atoms with E-state index in [4.69, 9.17) is 4.42 Å². The summed E-state index contributed by atoms with van der Waals surface area (Å²) in [6.45, 7) is 8.84. The minimum atomic E-state index is -0.204. The van der Waals surface area contributed by atoms with Crippen LogP contribution in [0.2, 0.25) is 0 Å². The lowest BCUT2D eigenvalue weighted by molar-refractivity contribution is -0.128. The third-order valence-electron chi connectivity index (χ3n) is 6.93. The van der Waals surface area contributed by atoms with E-state index in [2.05, 4.69) is 44.4 Å². The van der Waals surface area contributed by atoms with Crippen molar-refractivity contribution in [3.8, 4) is 11.5 Å². The van der Waals surface area contributed by atoms with Gasteiger partial charge in [0, 0.05) is 22.9 Å². The summed E-state index contributed by atoms with van der Waals surface area (Å²) in [5.74, 6) is 1.30. The Morgan fingerprint density at radius 3 is 2.45 bits per heavy atom. The number of rotatable bonds is 2. The SMILES string of the molecule is Cc1ccc(-c2ccco2)n1C12CCC(C)(C(=O)C1)C2(C)C. The highest BCUT2D eigenvalue weighted by Gasteiger charge is 2.70. The summed E-state index contributed by atoms with van der Waals surface area (Å²) in [5.41, 5.74) is 1.91. The zero-order chi connectivity index (χ0) is 15.8. The van der Waals surface area contributed by atoms with Gasteiger partial charge in [-0.2, -0.15) is 0 Å². The van der Waals surface area contributed by atoms with Gasteiger partial charge in [0.1, 0.15) is 11.5 Å². The molecule has 3 heteroatoms. The van der Waals surface area contributed by atoms with E-state index in [0.717, 1.165) is 24.3 Å². The fraction of sp³-hybridized carbons (Fsp3) is 0.526. The monoisotopic (exact) mass is 297 g/mol. The molecule has 116 valence electrons. The molecule has 2 aliphatic rings. The van der Waals surface area contributed by atoms with Crippen LogP contribution in [0.4, 0.5) is 0 Å². The zero-order valence-electron chi connectivity index (χ0n) is 13.8. The average molecular weight is 297 g/mol. The molecule has 2 unspecified atom stereocenters. The average Bonchev–Trinajstić information content (AvgIpc) is 3.16. The van der Waals surface area contributed by atoms with Crippen LogP contribution in [-0.4, -0.2) is 10.4 Å². The maximum atomic E-state index is 12.7. The van der Waals surface area contributed by atoms with Crippen LogP contribution in [0.1, 0.15) is 45.7 Å². The lowest BCUT2D eigenvalue weighted by atomic mass is 9.68. The van der Waals surface area contributed by atoms with Crippen molar-refractivity contribution in [3.63, 3.8) is 0 Å². The van der Waals surface area contributed by atoms with Crippen LogP contribution in [0.25, 0.3) is 11.5 Å². The number of ketones is 1. The molecule has 2 fully saturated rings. The Balaban J connectivity index is 1.97. The van der Waals surface area contributed by atoms with E-state index in [1.807, 2.05) is 12.1 Å². The van der Waals surface area contributed by atoms with E-state index >= 15 is 0 Å². The van der Waals surface area contributed by atoms with Gasteiger partial charge in [0.25, 0.3) is 0 Å². The smallest absolute Gasteiger partial charge is 0.150 e. The number of hydrogen-bond donors (Lipinski definition) is 0. The minimum Gasteiger partial charge on any atom is -0.463 e. The van der Waals surface area contributed by atoms with Crippen molar-refractivity contribution in [2.45, 2.75) is 52.5 Å². The van der Waals surface area contributed by atoms with Gasteiger partial charge in [-0.1, -0.05) is 20.8 Å². The van der Waals surface area contributed by atoms with Crippen molar-refractivity contribution in [1.29, 1.82) is 0 Å². The number of aryl methyl sites for hydroxylation is 1. The van der Waals surface area contributed by atoms with Gasteiger partial charge in [-0.15, -0.1) is 0 Å². The molecule has 2 heterocycles. The quantitative estimate of drug-likeness (QED) is 0.815. The summed E-state index contributed by atoms with van der Waals surface area (Å²) < 4.78 is 8.04. The molecule has 0 saturated heterocycles. The van der Waals surface area contributed by atoms with Crippen LogP contribution in [0, 0.1) is 17.8 Å². The Bertz CT molecular complexity index is 753. The van der Waals surface area contributed by atoms with Crippen LogP contribution in [0.15, 0.2) is 34.9 Å². The predicted octanol–water partition coefficient (Wildman–Crippen LogP) is 4.55. The fourth-order valence-corrected chi connectivity index (χ4v) is 5.05. The van der Waals surface area contributed by atoms with Crippen LogP contribution < -0.4 is 0 Å². The molecule has 2 atom stereocenters. The fourth-order valence-electron chi connectivity index (χ4n) is 5.05. The second-order valence-corrected chi connectivity index (χ2v) is 7.76. The molecule has 0 N–H and O–H groups in total. The molecule has 2 aliphatic carbocycles. The van der Waals surface area contributed by atoms with Crippen molar-refractivity contribution in [2.24, 2.45) is 10.8 Å². The molecule has 2 bridgehead atoms. The number of carbonyl (C=O) groups is 1. The number of furan rings is 1. The van der Waals surface area contributed by atoms with Gasteiger partial charge in [-0.3, -0.25) is 4.79 Å². The standard InChI is InChI=1S/C19H23NO2/c1-13-7-8-14(15-6-5-11-22-15)20(13)19-10-9-18(4,16(21)12-19)17(19,2)3/h5-8,11H,9-10,12H2,1-4H3. The molecule has 3 nitrogen and oxygen atoms in total. The van der Waals surface area contributed by atoms with Crippen LogP contribution in [0.5, 0.6) is 0 Å². The topological polar surface area (TPSA) is 35.1 Å². The van der Waals surface area contributed by atoms with Gasteiger partial charge in [-0.05, 0) is 44.0 Å². The number of carbonyl (C=O) groups excluding carboxylic acids is 1. The number of Topliss-reactive ketones (excluding diaryl/α,β-unsaturated/α-hetero) is 1. The van der Waals surface area contributed by atoms with Gasteiger partial charge < -0.3 is 8.98 Å². The van der Waals surface area contributed by atoms with Crippen molar-refractivity contribution in [3.05, 3.63) is 36.2 Å². The molecule has 4 rings (SSSR count). The van der Waals surface area contributed by atoms with Gasteiger partial charge >= 0.3 is 0 Å². The molecule has 2 aromatic rings. The Hall–Kier alpha value is -1.77. The predicted molar refractivity (Wildman–Crippen MR) is 85.6 cm³/mol. The van der Waals surface area contributed by atoms with E-state index in [-0.39, 0.29) is 16.4 Å². The molecule has 0 spiro atoms. The highest BCUT2D eigenvalue weighted by atomic mass is 16.3. The molecule has 0 radical (unpaired) electrons. The summed E-state index contributed by atoms with van der Waals surface area (Å²) in [6, 6.07) is 8.18. The van der Waals surface area contributed by atoms with Gasteiger partial charge in [0.05, 0.1) is 17.5 Å². The second-order valence-electron chi connectivity index (χ2n) is 7.76. The van der Waals surface area contributed by atoms with E-state index in [0.29, 0.717) is 12.2 Å². The summed E-state index contributed by atoms with van der Waals surface area (Å²) in [6.07, 6.45) is 4.39. The highest BCUT2D eigenvalue weighted by Crippen LogP contribution is 2.69. The number of fused-ring (bicyclic) bond motifs is 2. The highest BCUT2D eigenvalue weighted by molar-refractivity contribution is 5.91. The maximum absolute atomic E-state index is 12.7. The Morgan fingerprint density at radius 1 is 1.14 bits per heavy atom. The molecule has 0 aromatic carbocycles. The number of nitrogens with zero attached hydrogens (tertiary/aromatic N) is 1. The first-order valence-corrected chi connectivity index (χ1v) is 8.10. The van der Waals surface area contributed by atoms with Gasteiger partial charge in [0.15, 0.2) is 0 Å². The summed E-state index contributed by atoms with van der Waals surface area (Å²) >= 11 is 0. The normalized spacial score (nSPS) is 32.8. The lowest BCUT2D eigenvalue weighted by Crippen LogP contribution is -2.43. The maximum Gasteiger partial charge on any atom is 0.150 e. The van der Waals surface area contributed by atoms with E-state index in [1.165, 1.54) is 5.69 Å². The zero-order valence-corrected chi connectivity index (χ0v) is 13.8. The molecule has 2 saturated carbocycles. The first-order chi connectivity index (χ1) is 10.3. The Labute approximate surface area is 131 Å². The van der Waals surface area contributed by atoms with Gasteiger partial charge in [-0.25, -0.2) is 0 Å². The second kappa shape index (κ2) is 3.95. The number of aromatic nitrogens is 1. The van der Waals surface area contributed by atoms with Crippen LogP contribution in [0.3, 0.4) is 0 Å². The largest absolute Gasteiger partial charge is 0.463 e. The molecular weight excluding hydrogens is 274 g/mol. The first kappa shape index (κ1) is 13.9. The van der Waals surface area contributed by atoms with Crippen LogP contribution >= 0.6 is 0 Å². The van der Waals surface area contributed by atoms with Crippen LogP contribution in [-0.2, 0) is 10.3 Å². The Kier molecular flexibility index (Phi) is 2.49. The van der Waals surface area contributed by atoms with Crippen molar-refractivity contribution < 1.29 is 9.21 Å². The van der Waals surface area contributed by atoms with E-state index in [9.17, 15) is 4.79 Å². The lowest BCUT2D eigenvalue weighted by Gasteiger charge is -2.43. The summed E-state index contributed by atoms with van der Waals surface area (Å²) in [4.78, 5) is 12.7. The van der Waals surface area contributed by atoms with Crippen molar-refractivity contribution in [2.75, 3.05) is 0 Å². The molecule has 0 aliphatic heterocycles.